The van der Waals surface area contributed by atoms with Crippen molar-refractivity contribution in [2.45, 2.75) is 16.3 Å². The number of likely N-dealkylation sites (N-methyl/N-ethyl adjacent to an activating group) is 2. The molecule has 0 aromatic heterocycles. The Morgan fingerprint density at radius 3 is 2.15 bits per heavy atom. The van der Waals surface area contributed by atoms with Gasteiger partial charge in [0.2, 0.25) is 15.9 Å². The van der Waals surface area contributed by atoms with Crippen LogP contribution in [0.3, 0.4) is 0 Å². The third kappa shape index (κ3) is 5.06. The number of halogens is 1. The molecule has 0 fully saturated rings. The summed E-state index contributed by atoms with van der Waals surface area (Å²) >= 11 is 1.64. The van der Waals surface area contributed by atoms with Gasteiger partial charge in [-0.15, -0.1) is 11.8 Å². The molecule has 0 aliphatic rings. The van der Waals surface area contributed by atoms with Crippen molar-refractivity contribution in [3.05, 3.63) is 59.9 Å². The molecule has 0 radical (unpaired) electrons. The Hall–Kier alpha value is -1.90. The van der Waals surface area contributed by atoms with Crippen LogP contribution in [-0.2, 0) is 21.4 Å². The Labute approximate surface area is 157 Å². The summed E-state index contributed by atoms with van der Waals surface area (Å²) in [5, 5.41) is 0. The molecule has 2 aromatic carbocycles. The molecular weight excluding hydrogens is 375 g/mol. The van der Waals surface area contributed by atoms with E-state index < -0.39 is 15.8 Å². The monoisotopic (exact) mass is 396 g/mol. The molecule has 0 atom stereocenters. The maximum atomic E-state index is 13.0. The molecule has 140 valence electrons. The summed E-state index contributed by atoms with van der Waals surface area (Å²) in [4.78, 5) is 14.9. The highest BCUT2D eigenvalue weighted by Gasteiger charge is 2.24. The number of sulfonamides is 1. The highest BCUT2D eigenvalue weighted by Crippen LogP contribution is 2.17. The molecular formula is C18H21FN2O3S2. The van der Waals surface area contributed by atoms with Crippen LogP contribution < -0.4 is 0 Å². The summed E-state index contributed by atoms with van der Waals surface area (Å²) in [6.07, 6.45) is 1.99. The third-order valence-corrected chi connectivity index (χ3v) is 6.45. The molecule has 0 aliphatic heterocycles. The van der Waals surface area contributed by atoms with Crippen molar-refractivity contribution in [3.63, 3.8) is 0 Å². The van der Waals surface area contributed by atoms with Gasteiger partial charge in [-0.2, -0.15) is 4.31 Å². The molecule has 0 heterocycles. The molecule has 8 heteroatoms. The van der Waals surface area contributed by atoms with Crippen molar-refractivity contribution in [1.29, 1.82) is 0 Å². The SMILES string of the molecule is CSc1ccc(CN(C)C(=O)CN(C)S(=O)(=O)c2ccc(F)cc2)cc1. The second-order valence-corrected chi connectivity index (χ2v) is 8.74. The van der Waals surface area contributed by atoms with E-state index in [-0.39, 0.29) is 17.3 Å². The molecule has 5 nitrogen and oxygen atoms in total. The Morgan fingerprint density at radius 2 is 1.62 bits per heavy atom. The lowest BCUT2D eigenvalue weighted by Gasteiger charge is -2.22. The molecule has 2 aromatic rings. The van der Waals surface area contributed by atoms with Crippen molar-refractivity contribution < 1.29 is 17.6 Å². The zero-order valence-electron chi connectivity index (χ0n) is 14.8. The number of nitrogens with zero attached hydrogens (tertiary/aromatic N) is 2. The van der Waals surface area contributed by atoms with Crippen LogP contribution in [0.4, 0.5) is 4.39 Å². The van der Waals surface area contributed by atoms with Gasteiger partial charge in [0.05, 0.1) is 11.4 Å². The highest BCUT2D eigenvalue weighted by molar-refractivity contribution is 7.98. The summed E-state index contributed by atoms with van der Waals surface area (Å²) in [5.74, 6) is -0.845. The second-order valence-electron chi connectivity index (χ2n) is 5.81. The van der Waals surface area contributed by atoms with E-state index in [4.69, 9.17) is 0 Å². The van der Waals surface area contributed by atoms with Crippen LogP contribution in [0.5, 0.6) is 0 Å². The number of rotatable bonds is 7. The summed E-state index contributed by atoms with van der Waals surface area (Å²) in [6.45, 7) is 0.0943. The van der Waals surface area contributed by atoms with Gasteiger partial charge in [0.15, 0.2) is 0 Å². The zero-order chi connectivity index (χ0) is 19.3. The quantitative estimate of drug-likeness (QED) is 0.676. The van der Waals surface area contributed by atoms with Crippen LogP contribution in [0.15, 0.2) is 58.3 Å². The van der Waals surface area contributed by atoms with Gasteiger partial charge in [-0.1, -0.05) is 12.1 Å². The van der Waals surface area contributed by atoms with Gasteiger partial charge in [0.25, 0.3) is 0 Å². The van der Waals surface area contributed by atoms with Gasteiger partial charge in [-0.05, 0) is 48.2 Å². The maximum Gasteiger partial charge on any atom is 0.243 e. The molecule has 1 amide bonds. The molecule has 2 rings (SSSR count). The minimum absolute atomic E-state index is 0.0514. The summed E-state index contributed by atoms with van der Waals surface area (Å²) in [7, 11) is -0.891. The number of benzene rings is 2. The second kappa shape index (κ2) is 8.66. The van der Waals surface area contributed by atoms with Gasteiger partial charge < -0.3 is 4.90 Å². The molecule has 26 heavy (non-hydrogen) atoms. The number of hydrogen-bond acceptors (Lipinski definition) is 4. The van der Waals surface area contributed by atoms with Crippen LogP contribution in [0.2, 0.25) is 0 Å². The van der Waals surface area contributed by atoms with E-state index >= 15 is 0 Å². The van der Waals surface area contributed by atoms with Crippen LogP contribution in [0, 0.1) is 5.82 Å². The lowest BCUT2D eigenvalue weighted by molar-refractivity contribution is -0.130. The molecule has 0 saturated heterocycles. The predicted octanol–water partition coefficient (Wildman–Crippen LogP) is 2.83. The fourth-order valence-corrected chi connectivity index (χ4v) is 3.80. The maximum absolute atomic E-state index is 13.0. The highest BCUT2D eigenvalue weighted by atomic mass is 32.2. The van der Waals surface area contributed by atoms with E-state index in [2.05, 4.69) is 0 Å². The van der Waals surface area contributed by atoms with Crippen molar-refractivity contribution >= 4 is 27.7 Å². The number of thioether (sulfide) groups is 1. The van der Waals surface area contributed by atoms with E-state index in [0.29, 0.717) is 6.54 Å². The van der Waals surface area contributed by atoms with Crippen molar-refractivity contribution in [1.82, 2.24) is 9.21 Å². The largest absolute Gasteiger partial charge is 0.340 e. The first kappa shape index (κ1) is 20.4. The van der Waals surface area contributed by atoms with E-state index in [9.17, 15) is 17.6 Å². The van der Waals surface area contributed by atoms with Gasteiger partial charge in [0, 0.05) is 25.5 Å². The van der Waals surface area contributed by atoms with Crippen molar-refractivity contribution in [3.8, 4) is 0 Å². The fraction of sp³-hybridized carbons (Fsp3) is 0.278. The molecule has 0 N–H and O–H groups in total. The first-order valence-corrected chi connectivity index (χ1v) is 10.5. The van der Waals surface area contributed by atoms with Gasteiger partial charge in [-0.3, -0.25) is 4.79 Å². The average Bonchev–Trinajstić information content (AvgIpc) is 2.62. The summed E-state index contributed by atoms with van der Waals surface area (Å²) < 4.78 is 38.9. The first-order valence-electron chi connectivity index (χ1n) is 7.83. The minimum Gasteiger partial charge on any atom is -0.340 e. The predicted molar refractivity (Wildman–Crippen MR) is 101 cm³/mol. The summed E-state index contributed by atoms with van der Waals surface area (Å²) in [6, 6.07) is 12.3. The van der Waals surface area contributed by atoms with Crippen LogP contribution in [0.1, 0.15) is 5.56 Å². The van der Waals surface area contributed by atoms with Gasteiger partial charge >= 0.3 is 0 Å². The Kier molecular flexibility index (Phi) is 6.80. The number of hydrogen-bond donors (Lipinski definition) is 0. The third-order valence-electron chi connectivity index (χ3n) is 3.88. The van der Waals surface area contributed by atoms with Crippen molar-refractivity contribution in [2.24, 2.45) is 0 Å². The van der Waals surface area contributed by atoms with E-state index in [1.165, 1.54) is 24.1 Å². The van der Waals surface area contributed by atoms with Gasteiger partial charge in [-0.25, -0.2) is 12.8 Å². The Balaban J connectivity index is 2.01. The lowest BCUT2D eigenvalue weighted by Crippen LogP contribution is -2.39. The fourth-order valence-electron chi connectivity index (χ4n) is 2.28. The number of carbonyl (C=O) groups excluding carboxylic acids is 1. The normalized spacial score (nSPS) is 11.6. The number of amides is 1. The van der Waals surface area contributed by atoms with Crippen LogP contribution >= 0.6 is 11.8 Å². The smallest absolute Gasteiger partial charge is 0.243 e. The van der Waals surface area contributed by atoms with E-state index in [1.807, 2.05) is 30.5 Å². The Bertz CT molecular complexity index is 853. The molecule has 0 bridgehead atoms. The van der Waals surface area contributed by atoms with Crippen LogP contribution in [-0.4, -0.2) is 50.4 Å². The standard InChI is InChI=1S/C18H21FN2O3S2/c1-20(12-14-4-8-16(25-3)9-5-14)18(22)13-21(2)26(23,24)17-10-6-15(19)7-11-17/h4-11H,12-13H2,1-3H3. The molecule has 0 saturated carbocycles. The zero-order valence-corrected chi connectivity index (χ0v) is 16.5. The van der Waals surface area contributed by atoms with E-state index in [1.54, 1.807) is 18.8 Å². The van der Waals surface area contributed by atoms with Crippen molar-refractivity contribution in [2.75, 3.05) is 26.9 Å². The van der Waals surface area contributed by atoms with Gasteiger partial charge in [0.1, 0.15) is 5.82 Å². The summed E-state index contributed by atoms with van der Waals surface area (Å²) in [5.41, 5.74) is 0.961. The van der Waals surface area contributed by atoms with E-state index in [0.717, 1.165) is 26.9 Å². The molecule has 0 aliphatic carbocycles. The molecule has 0 unspecified atom stereocenters. The topological polar surface area (TPSA) is 57.7 Å². The number of carbonyl (C=O) groups is 1. The minimum atomic E-state index is -3.85. The molecule has 0 spiro atoms. The van der Waals surface area contributed by atoms with Crippen LogP contribution in [0.25, 0.3) is 0 Å². The lowest BCUT2D eigenvalue weighted by atomic mass is 10.2. The Morgan fingerprint density at radius 1 is 1.04 bits per heavy atom. The first-order chi connectivity index (χ1) is 12.2. The average molecular weight is 397 g/mol.